The van der Waals surface area contributed by atoms with Gasteiger partial charge in [-0.1, -0.05) is 6.42 Å². The molecule has 2 N–H and O–H groups in total. The molecule has 3 rings (SSSR count). The molecule has 142 valence electrons. The summed E-state index contributed by atoms with van der Waals surface area (Å²) in [5.41, 5.74) is 1.40. The van der Waals surface area contributed by atoms with Gasteiger partial charge in [0.05, 0.1) is 26.7 Å². The highest BCUT2D eigenvalue weighted by Gasteiger charge is 2.37. The predicted octanol–water partition coefficient (Wildman–Crippen LogP) is 1.97. The SMILES string of the molecule is COc1ccc(OC)c2c1CN(C(=O)C1CCCC(C(=O)O)C1)CC2O. The molecule has 26 heavy (non-hydrogen) atoms. The highest BCUT2D eigenvalue weighted by atomic mass is 16.5. The molecule has 0 aromatic heterocycles. The smallest absolute Gasteiger partial charge is 0.306 e. The molecule has 3 unspecified atom stereocenters. The van der Waals surface area contributed by atoms with E-state index in [-0.39, 0.29) is 18.4 Å². The van der Waals surface area contributed by atoms with Gasteiger partial charge < -0.3 is 24.6 Å². The van der Waals surface area contributed by atoms with Crippen LogP contribution in [0.3, 0.4) is 0 Å². The number of carbonyl (C=O) groups excluding carboxylic acids is 1. The van der Waals surface area contributed by atoms with Crippen molar-refractivity contribution in [2.75, 3.05) is 20.8 Å². The van der Waals surface area contributed by atoms with Crippen LogP contribution >= 0.6 is 0 Å². The average Bonchev–Trinajstić information content (AvgIpc) is 2.66. The Balaban J connectivity index is 1.84. The highest BCUT2D eigenvalue weighted by Crippen LogP contribution is 2.40. The Morgan fingerprint density at radius 3 is 2.42 bits per heavy atom. The molecule has 1 aliphatic heterocycles. The number of fused-ring (bicyclic) bond motifs is 1. The number of amides is 1. The number of aliphatic hydroxyl groups excluding tert-OH is 1. The van der Waals surface area contributed by atoms with E-state index in [0.717, 1.165) is 12.0 Å². The van der Waals surface area contributed by atoms with Gasteiger partial charge in [-0.15, -0.1) is 0 Å². The number of β-amino-alcohol motifs (C(OH)–C–C–N with tert-alkyl or cyclic N) is 1. The van der Waals surface area contributed by atoms with Gasteiger partial charge in [-0.3, -0.25) is 9.59 Å². The number of carbonyl (C=O) groups is 2. The Labute approximate surface area is 152 Å². The molecule has 1 amide bonds. The van der Waals surface area contributed by atoms with Gasteiger partial charge >= 0.3 is 5.97 Å². The van der Waals surface area contributed by atoms with Crippen LogP contribution in [0.1, 0.15) is 42.9 Å². The van der Waals surface area contributed by atoms with E-state index >= 15 is 0 Å². The molecule has 7 nitrogen and oxygen atoms in total. The first-order chi connectivity index (χ1) is 12.5. The zero-order valence-electron chi connectivity index (χ0n) is 15.1. The molecule has 0 saturated heterocycles. The van der Waals surface area contributed by atoms with E-state index in [1.165, 1.54) is 0 Å². The summed E-state index contributed by atoms with van der Waals surface area (Å²) in [6.07, 6.45) is 1.54. The van der Waals surface area contributed by atoms with Crippen LogP contribution in [0.4, 0.5) is 0 Å². The molecule has 1 aromatic carbocycles. The van der Waals surface area contributed by atoms with Gasteiger partial charge in [0.15, 0.2) is 0 Å². The molecule has 1 aliphatic carbocycles. The molecule has 7 heteroatoms. The van der Waals surface area contributed by atoms with Crippen molar-refractivity contribution in [3.05, 3.63) is 23.3 Å². The highest BCUT2D eigenvalue weighted by molar-refractivity contribution is 5.81. The van der Waals surface area contributed by atoms with Crippen LogP contribution < -0.4 is 9.47 Å². The second-order valence-corrected chi connectivity index (χ2v) is 7.00. The van der Waals surface area contributed by atoms with Gasteiger partial charge in [0.25, 0.3) is 0 Å². The molecule has 1 fully saturated rings. The molecule has 0 bridgehead atoms. The number of carboxylic acids is 1. The third-order valence-electron chi connectivity index (χ3n) is 5.47. The van der Waals surface area contributed by atoms with E-state index in [2.05, 4.69) is 0 Å². The Bertz CT molecular complexity index is 704. The van der Waals surface area contributed by atoms with E-state index < -0.39 is 18.0 Å². The number of methoxy groups -OCH3 is 2. The quantitative estimate of drug-likeness (QED) is 0.849. The Kier molecular flexibility index (Phi) is 5.36. The standard InChI is InChI=1S/C19H25NO6/c1-25-15-6-7-16(26-2)17-13(15)9-20(10-14(17)21)18(22)11-4-3-5-12(8-11)19(23)24/h6-7,11-12,14,21H,3-5,8-10H2,1-2H3,(H,23,24). The first-order valence-electron chi connectivity index (χ1n) is 8.89. The summed E-state index contributed by atoms with van der Waals surface area (Å²) in [6, 6.07) is 3.51. The van der Waals surface area contributed by atoms with Crippen LogP contribution in [-0.4, -0.2) is 47.8 Å². The number of hydrogen-bond donors (Lipinski definition) is 2. The maximum absolute atomic E-state index is 13.0. The fourth-order valence-electron chi connectivity index (χ4n) is 4.14. The van der Waals surface area contributed by atoms with Crippen LogP contribution in [0.5, 0.6) is 11.5 Å². The Hall–Kier alpha value is -2.28. The van der Waals surface area contributed by atoms with Crippen molar-refractivity contribution in [2.24, 2.45) is 11.8 Å². The Morgan fingerprint density at radius 1 is 1.12 bits per heavy atom. The number of rotatable bonds is 4. The van der Waals surface area contributed by atoms with Crippen LogP contribution in [-0.2, 0) is 16.1 Å². The van der Waals surface area contributed by atoms with E-state index in [4.69, 9.17) is 9.47 Å². The maximum Gasteiger partial charge on any atom is 0.306 e. The van der Waals surface area contributed by atoms with Gasteiger partial charge in [0, 0.05) is 23.6 Å². The lowest BCUT2D eigenvalue weighted by Gasteiger charge is -2.37. The van der Waals surface area contributed by atoms with Crippen molar-refractivity contribution in [2.45, 2.75) is 38.3 Å². The van der Waals surface area contributed by atoms with Crippen molar-refractivity contribution in [1.82, 2.24) is 4.90 Å². The van der Waals surface area contributed by atoms with Crippen LogP contribution in [0, 0.1) is 11.8 Å². The van der Waals surface area contributed by atoms with Crippen molar-refractivity contribution < 1.29 is 29.3 Å². The zero-order valence-corrected chi connectivity index (χ0v) is 15.1. The molecule has 2 aliphatic rings. The first kappa shape index (κ1) is 18.5. The minimum absolute atomic E-state index is 0.0921. The third-order valence-corrected chi connectivity index (χ3v) is 5.47. The lowest BCUT2D eigenvalue weighted by molar-refractivity contribution is -0.146. The average molecular weight is 363 g/mol. The second kappa shape index (κ2) is 7.53. The summed E-state index contributed by atoms with van der Waals surface area (Å²) < 4.78 is 10.8. The summed E-state index contributed by atoms with van der Waals surface area (Å²) >= 11 is 0. The number of aliphatic hydroxyl groups is 1. The van der Waals surface area contributed by atoms with Gasteiger partial charge in [0.1, 0.15) is 17.6 Å². The largest absolute Gasteiger partial charge is 0.496 e. The monoisotopic (exact) mass is 363 g/mol. The predicted molar refractivity (Wildman–Crippen MR) is 93.0 cm³/mol. The topological polar surface area (TPSA) is 96.3 Å². The van der Waals surface area contributed by atoms with E-state index in [1.54, 1.807) is 31.3 Å². The molecular formula is C19H25NO6. The minimum Gasteiger partial charge on any atom is -0.496 e. The summed E-state index contributed by atoms with van der Waals surface area (Å²) in [5.74, 6) is -0.526. The van der Waals surface area contributed by atoms with Gasteiger partial charge in [-0.2, -0.15) is 0 Å². The summed E-state index contributed by atoms with van der Waals surface area (Å²) in [6.45, 7) is 0.490. The van der Waals surface area contributed by atoms with Crippen molar-refractivity contribution in [3.8, 4) is 11.5 Å². The molecular weight excluding hydrogens is 338 g/mol. The summed E-state index contributed by atoms with van der Waals surface area (Å²) in [4.78, 5) is 25.9. The van der Waals surface area contributed by atoms with Gasteiger partial charge in [-0.25, -0.2) is 0 Å². The maximum atomic E-state index is 13.0. The summed E-state index contributed by atoms with van der Waals surface area (Å²) in [5, 5.41) is 19.9. The number of nitrogens with zero attached hydrogens (tertiary/aromatic N) is 1. The zero-order chi connectivity index (χ0) is 18.8. The number of ether oxygens (including phenoxy) is 2. The molecule has 0 spiro atoms. The normalized spacial score (nSPS) is 25.3. The third kappa shape index (κ3) is 3.35. The van der Waals surface area contributed by atoms with E-state index in [0.29, 0.717) is 42.9 Å². The molecule has 1 aromatic rings. The van der Waals surface area contributed by atoms with E-state index in [9.17, 15) is 19.8 Å². The minimum atomic E-state index is -0.869. The van der Waals surface area contributed by atoms with Gasteiger partial charge in [0.2, 0.25) is 5.91 Å². The fraction of sp³-hybridized carbons (Fsp3) is 0.579. The molecule has 0 radical (unpaired) electrons. The number of carboxylic acid groups (broad SMARTS) is 1. The van der Waals surface area contributed by atoms with Gasteiger partial charge in [-0.05, 0) is 31.4 Å². The number of benzene rings is 1. The number of aliphatic carboxylic acids is 1. The van der Waals surface area contributed by atoms with E-state index in [1.807, 2.05) is 0 Å². The van der Waals surface area contributed by atoms with Crippen molar-refractivity contribution in [1.29, 1.82) is 0 Å². The first-order valence-corrected chi connectivity index (χ1v) is 8.89. The number of hydrogen-bond acceptors (Lipinski definition) is 5. The molecule has 1 saturated carbocycles. The van der Waals surface area contributed by atoms with Crippen LogP contribution in [0.2, 0.25) is 0 Å². The fourth-order valence-corrected chi connectivity index (χ4v) is 4.14. The Morgan fingerprint density at radius 2 is 1.77 bits per heavy atom. The lowest BCUT2D eigenvalue weighted by Crippen LogP contribution is -2.43. The molecule has 3 atom stereocenters. The summed E-state index contributed by atoms with van der Waals surface area (Å²) in [7, 11) is 3.09. The van der Waals surface area contributed by atoms with Crippen LogP contribution in [0.15, 0.2) is 12.1 Å². The van der Waals surface area contributed by atoms with Crippen molar-refractivity contribution in [3.63, 3.8) is 0 Å². The van der Waals surface area contributed by atoms with Crippen LogP contribution in [0.25, 0.3) is 0 Å². The molecule has 1 heterocycles. The second-order valence-electron chi connectivity index (χ2n) is 7.00. The van der Waals surface area contributed by atoms with Crippen molar-refractivity contribution >= 4 is 11.9 Å². The lowest BCUT2D eigenvalue weighted by atomic mass is 9.80.